The molecule has 2 N–H and O–H groups in total. The molecule has 1 aromatic carbocycles. The van der Waals surface area contributed by atoms with E-state index in [1.807, 2.05) is 37.3 Å². The van der Waals surface area contributed by atoms with E-state index in [4.69, 9.17) is 0 Å². The van der Waals surface area contributed by atoms with Crippen molar-refractivity contribution < 1.29 is 13.2 Å². The van der Waals surface area contributed by atoms with E-state index < -0.39 is 16.3 Å². The van der Waals surface area contributed by atoms with Crippen LogP contribution < -0.4 is 10.0 Å². The van der Waals surface area contributed by atoms with Gasteiger partial charge in [0.15, 0.2) is 0 Å². The van der Waals surface area contributed by atoms with Crippen molar-refractivity contribution in [1.29, 1.82) is 0 Å². The van der Waals surface area contributed by atoms with E-state index in [9.17, 15) is 13.2 Å². The zero-order chi connectivity index (χ0) is 16.0. The summed E-state index contributed by atoms with van der Waals surface area (Å²) >= 11 is 0. The van der Waals surface area contributed by atoms with Gasteiger partial charge in [-0.15, -0.1) is 0 Å². The summed E-state index contributed by atoms with van der Waals surface area (Å²) in [5, 5.41) is 2.83. The first-order valence-corrected chi connectivity index (χ1v) is 9.06. The molecular formula is C15H23N3O3S. The largest absolute Gasteiger partial charge is 0.351 e. The van der Waals surface area contributed by atoms with Gasteiger partial charge in [0, 0.05) is 19.6 Å². The van der Waals surface area contributed by atoms with Gasteiger partial charge in [-0.3, -0.25) is 4.79 Å². The van der Waals surface area contributed by atoms with E-state index >= 15 is 0 Å². The topological polar surface area (TPSA) is 78.5 Å². The van der Waals surface area contributed by atoms with Gasteiger partial charge in [-0.2, -0.15) is 12.7 Å². The molecule has 1 amide bonds. The zero-order valence-electron chi connectivity index (χ0n) is 12.8. The monoisotopic (exact) mass is 325 g/mol. The predicted molar refractivity (Wildman–Crippen MR) is 85.2 cm³/mol. The van der Waals surface area contributed by atoms with Gasteiger partial charge < -0.3 is 5.32 Å². The van der Waals surface area contributed by atoms with Crippen molar-refractivity contribution in [2.45, 2.75) is 38.8 Å². The molecule has 0 saturated carbocycles. The Bertz CT molecular complexity index is 589. The van der Waals surface area contributed by atoms with E-state index in [0.29, 0.717) is 32.5 Å². The molecule has 6 nitrogen and oxygen atoms in total. The molecular weight excluding hydrogens is 302 g/mol. The van der Waals surface area contributed by atoms with Gasteiger partial charge in [-0.1, -0.05) is 37.3 Å². The number of nitrogens with zero attached hydrogens (tertiary/aromatic N) is 1. The first kappa shape index (κ1) is 16.9. The Morgan fingerprint density at radius 1 is 1.32 bits per heavy atom. The fourth-order valence-electron chi connectivity index (χ4n) is 2.51. The van der Waals surface area contributed by atoms with Crippen molar-refractivity contribution in [3.8, 4) is 0 Å². The lowest BCUT2D eigenvalue weighted by molar-refractivity contribution is -0.124. The quantitative estimate of drug-likeness (QED) is 0.785. The summed E-state index contributed by atoms with van der Waals surface area (Å²) in [5.41, 5.74) is 0.993. The molecule has 0 radical (unpaired) electrons. The van der Waals surface area contributed by atoms with Crippen molar-refractivity contribution in [3.05, 3.63) is 35.9 Å². The number of hydrogen-bond acceptors (Lipinski definition) is 3. The van der Waals surface area contributed by atoms with Gasteiger partial charge in [0.1, 0.15) is 6.04 Å². The molecule has 2 rings (SSSR count). The number of rotatable bonds is 7. The van der Waals surface area contributed by atoms with Crippen LogP contribution in [0.1, 0.15) is 31.7 Å². The lowest BCUT2D eigenvalue weighted by atomic mass is 10.2. The van der Waals surface area contributed by atoms with Crippen LogP contribution in [0.4, 0.5) is 0 Å². The highest BCUT2D eigenvalue weighted by Crippen LogP contribution is 2.20. The lowest BCUT2D eigenvalue weighted by Gasteiger charge is -2.23. The SMILES string of the molecule is CCCNS(=O)(=O)N1CCCC1C(=O)NCc1ccccc1. The highest BCUT2D eigenvalue weighted by molar-refractivity contribution is 7.87. The first-order valence-electron chi connectivity index (χ1n) is 7.62. The summed E-state index contributed by atoms with van der Waals surface area (Å²) < 4.78 is 28.2. The molecule has 1 atom stereocenters. The fraction of sp³-hybridized carbons (Fsp3) is 0.533. The maximum Gasteiger partial charge on any atom is 0.280 e. The molecule has 0 aliphatic carbocycles. The average molecular weight is 325 g/mol. The molecule has 1 unspecified atom stereocenters. The zero-order valence-corrected chi connectivity index (χ0v) is 13.6. The normalized spacial score (nSPS) is 19.2. The summed E-state index contributed by atoms with van der Waals surface area (Å²) in [6, 6.07) is 8.96. The Morgan fingerprint density at radius 3 is 2.73 bits per heavy atom. The summed E-state index contributed by atoms with van der Waals surface area (Å²) in [7, 11) is -3.58. The van der Waals surface area contributed by atoms with Gasteiger partial charge in [0.05, 0.1) is 0 Å². The highest BCUT2D eigenvalue weighted by Gasteiger charge is 2.38. The average Bonchev–Trinajstić information content (AvgIpc) is 3.02. The second kappa shape index (κ2) is 7.71. The third-order valence-electron chi connectivity index (χ3n) is 3.66. The van der Waals surface area contributed by atoms with E-state index in [1.165, 1.54) is 4.31 Å². The summed E-state index contributed by atoms with van der Waals surface area (Å²) in [5.74, 6) is -0.233. The van der Waals surface area contributed by atoms with Crippen LogP contribution in [0, 0.1) is 0 Å². The number of carbonyl (C=O) groups is 1. The number of hydrogen-bond donors (Lipinski definition) is 2. The van der Waals surface area contributed by atoms with Crippen LogP contribution in [0.25, 0.3) is 0 Å². The summed E-state index contributed by atoms with van der Waals surface area (Å²) in [6.45, 7) is 3.09. The molecule has 0 spiro atoms. The second-order valence-corrected chi connectivity index (χ2v) is 7.08. The van der Waals surface area contributed by atoms with Crippen LogP contribution in [0.5, 0.6) is 0 Å². The maximum absolute atomic E-state index is 12.3. The minimum absolute atomic E-state index is 0.233. The molecule has 122 valence electrons. The third-order valence-corrected chi connectivity index (χ3v) is 5.28. The predicted octanol–water partition coefficient (Wildman–Crippen LogP) is 1.01. The van der Waals surface area contributed by atoms with Crippen LogP contribution in [-0.2, 0) is 21.5 Å². The van der Waals surface area contributed by atoms with Crippen molar-refractivity contribution in [1.82, 2.24) is 14.3 Å². The van der Waals surface area contributed by atoms with Gasteiger partial charge in [-0.05, 0) is 24.8 Å². The van der Waals surface area contributed by atoms with Crippen LogP contribution in [0.2, 0.25) is 0 Å². The molecule has 1 fully saturated rings. The third kappa shape index (κ3) is 4.28. The van der Waals surface area contributed by atoms with Crippen molar-refractivity contribution >= 4 is 16.1 Å². The lowest BCUT2D eigenvalue weighted by Crippen LogP contribution is -2.49. The van der Waals surface area contributed by atoms with Gasteiger partial charge in [0.2, 0.25) is 5.91 Å². The molecule has 0 bridgehead atoms. The van der Waals surface area contributed by atoms with Crippen LogP contribution >= 0.6 is 0 Å². The second-order valence-electron chi connectivity index (χ2n) is 5.37. The smallest absolute Gasteiger partial charge is 0.280 e. The molecule has 7 heteroatoms. The Kier molecular flexibility index (Phi) is 5.93. The minimum atomic E-state index is -3.58. The van der Waals surface area contributed by atoms with E-state index in [2.05, 4.69) is 10.0 Å². The standard InChI is InChI=1S/C15H23N3O3S/c1-2-10-17-22(20,21)18-11-6-9-14(18)15(19)16-12-13-7-4-3-5-8-13/h3-5,7-8,14,17H,2,6,9-12H2,1H3,(H,16,19). The van der Waals surface area contributed by atoms with Crippen molar-refractivity contribution in [2.24, 2.45) is 0 Å². The first-order chi connectivity index (χ1) is 10.5. The molecule has 1 heterocycles. The molecule has 1 saturated heterocycles. The van der Waals surface area contributed by atoms with Crippen molar-refractivity contribution in [3.63, 3.8) is 0 Å². The molecule has 22 heavy (non-hydrogen) atoms. The molecule has 0 aromatic heterocycles. The Balaban J connectivity index is 1.96. The Hall–Kier alpha value is -1.44. The number of nitrogens with one attached hydrogen (secondary N) is 2. The molecule has 1 aromatic rings. The Morgan fingerprint density at radius 2 is 2.05 bits per heavy atom. The van der Waals surface area contributed by atoms with Crippen molar-refractivity contribution in [2.75, 3.05) is 13.1 Å². The summed E-state index contributed by atoms with van der Waals surface area (Å²) in [6.07, 6.45) is 1.99. The van der Waals surface area contributed by atoms with Crippen LogP contribution in [0.15, 0.2) is 30.3 Å². The number of amides is 1. The molecule has 1 aliphatic rings. The fourth-order valence-corrected chi connectivity index (χ4v) is 4.04. The van der Waals surface area contributed by atoms with Gasteiger partial charge in [0.25, 0.3) is 10.2 Å². The number of benzene rings is 1. The summed E-state index contributed by atoms with van der Waals surface area (Å²) in [4.78, 5) is 12.3. The van der Waals surface area contributed by atoms with E-state index in [1.54, 1.807) is 0 Å². The molecule has 1 aliphatic heterocycles. The van der Waals surface area contributed by atoms with E-state index in [0.717, 1.165) is 12.0 Å². The van der Waals surface area contributed by atoms with E-state index in [-0.39, 0.29) is 5.91 Å². The number of carbonyl (C=O) groups excluding carboxylic acids is 1. The highest BCUT2D eigenvalue weighted by atomic mass is 32.2. The maximum atomic E-state index is 12.3. The van der Waals surface area contributed by atoms with Crippen LogP contribution in [0.3, 0.4) is 0 Å². The van der Waals surface area contributed by atoms with Gasteiger partial charge in [-0.25, -0.2) is 4.72 Å². The minimum Gasteiger partial charge on any atom is -0.351 e. The van der Waals surface area contributed by atoms with Crippen LogP contribution in [-0.4, -0.2) is 37.8 Å². The Labute approximate surface area is 132 Å². The van der Waals surface area contributed by atoms with Gasteiger partial charge >= 0.3 is 0 Å².